The number of hydrogen-bond acceptors (Lipinski definition) is 4. The van der Waals surface area contributed by atoms with Crippen LogP contribution < -0.4 is 4.74 Å². The average molecular weight is 346 g/mol. The van der Waals surface area contributed by atoms with Crippen LogP contribution >= 0.6 is 0 Å². The Kier molecular flexibility index (Phi) is 6.70. The van der Waals surface area contributed by atoms with E-state index >= 15 is 0 Å². The summed E-state index contributed by atoms with van der Waals surface area (Å²) >= 11 is 0. The first-order valence-corrected chi connectivity index (χ1v) is 9.49. The van der Waals surface area contributed by atoms with Crippen molar-refractivity contribution in [1.82, 2.24) is 9.80 Å². The lowest BCUT2D eigenvalue weighted by molar-refractivity contribution is -0.139. The van der Waals surface area contributed by atoms with E-state index in [1.165, 1.54) is 31.2 Å². The minimum absolute atomic E-state index is 0.0789. The second kappa shape index (κ2) is 9.20. The molecule has 138 valence electrons. The number of likely N-dealkylation sites (tertiary alicyclic amines) is 1. The highest BCUT2D eigenvalue weighted by atomic mass is 16.5. The van der Waals surface area contributed by atoms with Gasteiger partial charge in [-0.1, -0.05) is 25.0 Å². The Morgan fingerprint density at radius 3 is 2.52 bits per heavy atom. The van der Waals surface area contributed by atoms with Gasteiger partial charge in [-0.3, -0.25) is 9.69 Å². The maximum absolute atomic E-state index is 12.7. The van der Waals surface area contributed by atoms with Crippen LogP contribution in [-0.2, 0) is 16.0 Å². The third kappa shape index (κ3) is 5.44. The van der Waals surface area contributed by atoms with Gasteiger partial charge in [-0.05, 0) is 43.6 Å². The molecule has 1 aromatic rings. The number of methoxy groups -OCH3 is 1. The molecule has 3 rings (SSSR count). The lowest BCUT2D eigenvalue weighted by Gasteiger charge is -2.34. The molecular formula is C20H30N2O3. The number of carbonyl (C=O) groups is 1. The van der Waals surface area contributed by atoms with Crippen molar-refractivity contribution < 1.29 is 14.3 Å². The summed E-state index contributed by atoms with van der Waals surface area (Å²) in [5.74, 6) is 1.12. The van der Waals surface area contributed by atoms with Crippen LogP contribution in [0, 0.1) is 0 Å². The Morgan fingerprint density at radius 2 is 1.84 bits per heavy atom. The van der Waals surface area contributed by atoms with E-state index in [4.69, 9.17) is 9.47 Å². The first-order valence-electron chi connectivity index (χ1n) is 9.49. The normalized spacial score (nSPS) is 22.4. The fraction of sp³-hybridized carbons (Fsp3) is 0.650. The number of ether oxygens (including phenoxy) is 2. The first-order chi connectivity index (χ1) is 12.2. The van der Waals surface area contributed by atoms with Crippen molar-refractivity contribution in [3.8, 4) is 5.75 Å². The van der Waals surface area contributed by atoms with E-state index in [0.717, 1.165) is 25.3 Å². The number of hydrogen-bond donors (Lipinski definition) is 0. The molecule has 2 aliphatic rings. The van der Waals surface area contributed by atoms with Gasteiger partial charge >= 0.3 is 0 Å². The molecule has 0 unspecified atom stereocenters. The van der Waals surface area contributed by atoms with Crippen LogP contribution in [0.2, 0.25) is 0 Å². The second-order valence-electron chi connectivity index (χ2n) is 7.08. The van der Waals surface area contributed by atoms with Gasteiger partial charge in [0.25, 0.3) is 0 Å². The lowest BCUT2D eigenvalue weighted by Crippen LogP contribution is -2.49. The van der Waals surface area contributed by atoms with Gasteiger partial charge in [0, 0.05) is 19.5 Å². The van der Waals surface area contributed by atoms with Crippen molar-refractivity contribution in [2.45, 2.75) is 38.2 Å². The molecule has 0 aliphatic carbocycles. The Labute approximate surface area is 150 Å². The van der Waals surface area contributed by atoms with E-state index in [9.17, 15) is 4.79 Å². The van der Waals surface area contributed by atoms with E-state index in [0.29, 0.717) is 26.2 Å². The summed E-state index contributed by atoms with van der Waals surface area (Å²) < 4.78 is 11.1. The maximum atomic E-state index is 12.7. The molecule has 1 atom stereocenters. The highest BCUT2D eigenvalue weighted by Gasteiger charge is 2.25. The van der Waals surface area contributed by atoms with Gasteiger partial charge in [0.1, 0.15) is 5.75 Å². The van der Waals surface area contributed by atoms with Gasteiger partial charge in [-0.2, -0.15) is 0 Å². The molecule has 1 amide bonds. The molecule has 2 heterocycles. The van der Waals surface area contributed by atoms with Gasteiger partial charge in [0.05, 0.1) is 26.4 Å². The molecular weight excluding hydrogens is 316 g/mol. The fourth-order valence-corrected chi connectivity index (χ4v) is 3.68. The highest BCUT2D eigenvalue weighted by Crippen LogP contribution is 2.16. The minimum atomic E-state index is 0.0789. The van der Waals surface area contributed by atoms with Crippen LogP contribution in [0.25, 0.3) is 0 Å². The van der Waals surface area contributed by atoms with Crippen LogP contribution in [0.3, 0.4) is 0 Å². The van der Waals surface area contributed by atoms with Crippen LogP contribution in [-0.4, -0.2) is 68.3 Å². The molecule has 2 aliphatic heterocycles. The molecule has 0 saturated carbocycles. The largest absolute Gasteiger partial charge is 0.497 e. The molecule has 0 radical (unpaired) electrons. The Bertz CT molecular complexity index is 538. The second-order valence-corrected chi connectivity index (χ2v) is 7.08. The first kappa shape index (κ1) is 18.2. The van der Waals surface area contributed by atoms with Crippen molar-refractivity contribution in [3.05, 3.63) is 29.8 Å². The molecule has 2 fully saturated rings. The average Bonchev–Trinajstić information content (AvgIpc) is 2.91. The zero-order chi connectivity index (χ0) is 17.5. The zero-order valence-electron chi connectivity index (χ0n) is 15.3. The lowest BCUT2D eigenvalue weighted by atomic mass is 10.1. The monoisotopic (exact) mass is 346 g/mol. The minimum Gasteiger partial charge on any atom is -0.497 e. The number of carbonyl (C=O) groups excluding carboxylic acids is 1. The van der Waals surface area contributed by atoms with E-state index in [-0.39, 0.29) is 12.0 Å². The van der Waals surface area contributed by atoms with E-state index in [2.05, 4.69) is 17.0 Å². The zero-order valence-corrected chi connectivity index (χ0v) is 15.3. The van der Waals surface area contributed by atoms with Crippen LogP contribution in [0.5, 0.6) is 5.75 Å². The summed E-state index contributed by atoms with van der Waals surface area (Å²) in [5, 5.41) is 0. The van der Waals surface area contributed by atoms with Crippen molar-refractivity contribution in [3.63, 3.8) is 0 Å². The molecule has 5 heteroatoms. The molecule has 0 aromatic heterocycles. The third-order valence-electron chi connectivity index (χ3n) is 5.17. The Hall–Kier alpha value is -1.59. The number of benzene rings is 1. The molecule has 25 heavy (non-hydrogen) atoms. The topological polar surface area (TPSA) is 42.0 Å². The number of rotatable bonds is 5. The van der Waals surface area contributed by atoms with E-state index in [1.807, 2.05) is 17.0 Å². The van der Waals surface area contributed by atoms with Crippen molar-refractivity contribution >= 4 is 5.91 Å². The van der Waals surface area contributed by atoms with Gasteiger partial charge in [0.2, 0.25) is 5.91 Å². The van der Waals surface area contributed by atoms with E-state index < -0.39 is 0 Å². The van der Waals surface area contributed by atoms with Gasteiger partial charge < -0.3 is 14.4 Å². The smallest absolute Gasteiger partial charge is 0.236 e. The van der Waals surface area contributed by atoms with E-state index in [1.54, 1.807) is 7.11 Å². The highest BCUT2D eigenvalue weighted by molar-refractivity contribution is 5.78. The molecule has 5 nitrogen and oxygen atoms in total. The summed E-state index contributed by atoms with van der Waals surface area (Å²) in [4.78, 5) is 17.0. The number of amides is 1. The summed E-state index contributed by atoms with van der Waals surface area (Å²) in [7, 11) is 1.67. The standard InChI is InChI=1S/C20H30N2O3/c1-24-18-8-6-17(7-9-18)14-19-15-22(12-13-25-19)20(23)16-21-10-4-2-3-5-11-21/h6-9,19H,2-5,10-16H2,1H3/t19-/m1/s1. The predicted octanol–water partition coefficient (Wildman–Crippen LogP) is 2.34. The van der Waals surface area contributed by atoms with Crippen LogP contribution in [0.4, 0.5) is 0 Å². The molecule has 2 saturated heterocycles. The maximum Gasteiger partial charge on any atom is 0.236 e. The van der Waals surface area contributed by atoms with Gasteiger partial charge in [-0.25, -0.2) is 0 Å². The third-order valence-corrected chi connectivity index (χ3v) is 5.17. The SMILES string of the molecule is COc1ccc(C[C@@H]2CN(C(=O)CN3CCCCCC3)CCO2)cc1. The predicted molar refractivity (Wildman–Crippen MR) is 97.9 cm³/mol. The summed E-state index contributed by atoms with van der Waals surface area (Å²) in [6, 6.07) is 8.08. The number of morpholine rings is 1. The van der Waals surface area contributed by atoms with Gasteiger partial charge in [0.15, 0.2) is 0 Å². The summed E-state index contributed by atoms with van der Waals surface area (Å²) in [6.07, 6.45) is 5.94. The quantitative estimate of drug-likeness (QED) is 0.821. The molecule has 0 spiro atoms. The molecule has 1 aromatic carbocycles. The van der Waals surface area contributed by atoms with Crippen molar-refractivity contribution in [2.24, 2.45) is 0 Å². The van der Waals surface area contributed by atoms with Crippen molar-refractivity contribution in [1.29, 1.82) is 0 Å². The number of nitrogens with zero attached hydrogens (tertiary/aromatic N) is 2. The molecule has 0 bridgehead atoms. The van der Waals surface area contributed by atoms with Crippen molar-refractivity contribution in [2.75, 3.05) is 46.4 Å². The summed E-state index contributed by atoms with van der Waals surface area (Å²) in [5.41, 5.74) is 1.22. The summed E-state index contributed by atoms with van der Waals surface area (Å²) in [6.45, 7) is 4.73. The van der Waals surface area contributed by atoms with Gasteiger partial charge in [-0.15, -0.1) is 0 Å². The van der Waals surface area contributed by atoms with Crippen LogP contribution in [0.1, 0.15) is 31.2 Å². The fourth-order valence-electron chi connectivity index (χ4n) is 3.68. The Morgan fingerprint density at radius 1 is 1.12 bits per heavy atom. The molecule has 0 N–H and O–H groups in total. The Balaban J connectivity index is 1.50. The van der Waals surface area contributed by atoms with Crippen LogP contribution in [0.15, 0.2) is 24.3 Å².